The number of nitrogens with zero attached hydrogens (tertiary/aromatic N) is 1. The first-order valence-corrected chi connectivity index (χ1v) is 8.11. The number of hydrogen-bond donors (Lipinski definition) is 1. The normalized spacial score (nSPS) is 19.7. The van der Waals surface area contributed by atoms with Crippen LogP contribution in [0.5, 0.6) is 0 Å². The molecule has 1 aliphatic carbocycles. The van der Waals surface area contributed by atoms with E-state index in [2.05, 4.69) is 30.2 Å². The van der Waals surface area contributed by atoms with Crippen LogP contribution in [0.25, 0.3) is 0 Å². The van der Waals surface area contributed by atoms with Crippen molar-refractivity contribution in [1.82, 2.24) is 10.3 Å². The van der Waals surface area contributed by atoms with Crippen molar-refractivity contribution in [3.8, 4) is 0 Å². The van der Waals surface area contributed by atoms with Crippen LogP contribution in [0.2, 0.25) is 0 Å². The molecule has 2 rings (SSSR count). The predicted molar refractivity (Wildman–Crippen MR) is 82.6 cm³/mol. The number of pyridine rings is 1. The van der Waals surface area contributed by atoms with Crippen LogP contribution in [0.4, 0.5) is 0 Å². The largest absolute Gasteiger partial charge is 0.376 e. The Morgan fingerprint density at radius 3 is 2.70 bits per heavy atom. The van der Waals surface area contributed by atoms with Crippen molar-refractivity contribution in [3.05, 3.63) is 30.1 Å². The molecule has 0 amide bonds. The fourth-order valence-corrected chi connectivity index (χ4v) is 3.36. The summed E-state index contributed by atoms with van der Waals surface area (Å²) in [6.07, 6.45) is 10.8. The van der Waals surface area contributed by atoms with Gasteiger partial charge in [-0.05, 0) is 43.9 Å². The Hall–Kier alpha value is -0.930. The minimum atomic E-state index is 0.261. The van der Waals surface area contributed by atoms with Crippen LogP contribution in [0.1, 0.15) is 57.6 Å². The first kappa shape index (κ1) is 15.5. The summed E-state index contributed by atoms with van der Waals surface area (Å²) in [6.45, 7) is 5.99. The van der Waals surface area contributed by atoms with E-state index < -0.39 is 0 Å². The Labute approximate surface area is 123 Å². The zero-order valence-electron chi connectivity index (χ0n) is 12.8. The van der Waals surface area contributed by atoms with E-state index in [0.717, 1.165) is 13.2 Å². The summed E-state index contributed by atoms with van der Waals surface area (Å²) in [5, 5.41) is 3.62. The second kappa shape index (κ2) is 8.38. The van der Waals surface area contributed by atoms with Crippen molar-refractivity contribution < 1.29 is 4.74 Å². The highest BCUT2D eigenvalue weighted by Crippen LogP contribution is 2.34. The summed E-state index contributed by atoms with van der Waals surface area (Å²) < 4.78 is 6.16. The predicted octanol–water partition coefficient (Wildman–Crippen LogP) is 3.72. The second-order valence-corrected chi connectivity index (χ2v) is 5.64. The van der Waals surface area contributed by atoms with Crippen LogP contribution in [0.15, 0.2) is 24.5 Å². The maximum Gasteiger partial charge on any atom is 0.0798 e. The molecule has 1 heterocycles. The zero-order chi connectivity index (χ0) is 14.2. The molecule has 1 saturated carbocycles. The van der Waals surface area contributed by atoms with Gasteiger partial charge in [-0.2, -0.15) is 0 Å². The van der Waals surface area contributed by atoms with Gasteiger partial charge in [-0.15, -0.1) is 0 Å². The van der Waals surface area contributed by atoms with Crippen LogP contribution in [-0.4, -0.2) is 24.2 Å². The van der Waals surface area contributed by atoms with Crippen LogP contribution >= 0.6 is 0 Å². The maximum absolute atomic E-state index is 6.16. The summed E-state index contributed by atoms with van der Waals surface area (Å²) in [7, 11) is 0. The highest BCUT2D eigenvalue weighted by Gasteiger charge is 2.31. The molecule has 0 aromatic carbocycles. The molecule has 1 aromatic rings. The van der Waals surface area contributed by atoms with E-state index >= 15 is 0 Å². The van der Waals surface area contributed by atoms with Gasteiger partial charge in [0.25, 0.3) is 0 Å². The van der Waals surface area contributed by atoms with E-state index in [1.165, 1.54) is 37.7 Å². The highest BCUT2D eigenvalue weighted by atomic mass is 16.5. The van der Waals surface area contributed by atoms with E-state index in [4.69, 9.17) is 4.74 Å². The van der Waals surface area contributed by atoms with Gasteiger partial charge in [0.15, 0.2) is 0 Å². The molecule has 1 N–H and O–H groups in total. The summed E-state index contributed by atoms with van der Waals surface area (Å²) in [5.41, 5.74) is 1.25. The van der Waals surface area contributed by atoms with Gasteiger partial charge in [0.1, 0.15) is 0 Å². The summed E-state index contributed by atoms with van der Waals surface area (Å²) in [5.74, 6) is 0.674. The molecule has 2 atom stereocenters. The molecule has 1 aromatic heterocycles. The Kier molecular flexibility index (Phi) is 6.48. The van der Waals surface area contributed by atoms with Crippen molar-refractivity contribution >= 4 is 0 Å². The van der Waals surface area contributed by atoms with Gasteiger partial charge >= 0.3 is 0 Å². The van der Waals surface area contributed by atoms with Crippen LogP contribution < -0.4 is 5.32 Å². The van der Waals surface area contributed by atoms with Crippen molar-refractivity contribution in [2.45, 2.75) is 58.1 Å². The number of ether oxygens (including phenoxy) is 1. The number of hydrogen-bond acceptors (Lipinski definition) is 3. The van der Waals surface area contributed by atoms with Crippen LogP contribution in [0.3, 0.4) is 0 Å². The lowest BCUT2D eigenvalue weighted by atomic mass is 9.81. The van der Waals surface area contributed by atoms with Gasteiger partial charge < -0.3 is 10.1 Å². The van der Waals surface area contributed by atoms with E-state index in [1.54, 1.807) is 0 Å². The molecule has 0 radical (unpaired) electrons. The number of aromatic nitrogens is 1. The lowest BCUT2D eigenvalue weighted by molar-refractivity contribution is -0.0181. The van der Waals surface area contributed by atoms with Gasteiger partial charge in [0, 0.05) is 19.0 Å². The molecule has 0 aliphatic heterocycles. The van der Waals surface area contributed by atoms with Crippen molar-refractivity contribution in [3.63, 3.8) is 0 Å². The highest BCUT2D eigenvalue weighted by molar-refractivity contribution is 5.16. The lowest BCUT2D eigenvalue weighted by Crippen LogP contribution is -2.39. The molecule has 1 fully saturated rings. The molecule has 0 bridgehead atoms. The van der Waals surface area contributed by atoms with Gasteiger partial charge in [0.05, 0.1) is 12.1 Å². The molecule has 20 heavy (non-hydrogen) atoms. The molecule has 112 valence electrons. The molecule has 0 spiro atoms. The fraction of sp³-hybridized carbons (Fsp3) is 0.706. The molecular weight excluding hydrogens is 248 g/mol. The summed E-state index contributed by atoms with van der Waals surface area (Å²) in [4.78, 5) is 4.28. The smallest absolute Gasteiger partial charge is 0.0798 e. The third-order valence-electron chi connectivity index (χ3n) is 4.27. The standard InChI is InChI=1S/C17H28N2O/c1-3-19-16(15-11-8-12-18-13-15)17(20-4-2)14-9-6-5-7-10-14/h8,11-14,16-17,19H,3-7,9-10H2,1-2H3. The van der Waals surface area contributed by atoms with E-state index in [1.807, 2.05) is 18.5 Å². The molecule has 0 saturated heterocycles. The summed E-state index contributed by atoms with van der Waals surface area (Å²) >= 11 is 0. The average molecular weight is 276 g/mol. The minimum Gasteiger partial charge on any atom is -0.376 e. The molecule has 3 heteroatoms. The number of rotatable bonds is 7. The van der Waals surface area contributed by atoms with E-state index in [9.17, 15) is 0 Å². The minimum absolute atomic E-state index is 0.261. The Balaban J connectivity index is 2.17. The first-order chi connectivity index (χ1) is 9.86. The van der Waals surface area contributed by atoms with Crippen molar-refractivity contribution in [2.24, 2.45) is 5.92 Å². The monoisotopic (exact) mass is 276 g/mol. The quantitative estimate of drug-likeness (QED) is 0.824. The third kappa shape index (κ3) is 4.03. The van der Waals surface area contributed by atoms with Crippen molar-refractivity contribution in [1.29, 1.82) is 0 Å². The maximum atomic E-state index is 6.16. The Morgan fingerprint density at radius 2 is 2.10 bits per heavy atom. The van der Waals surface area contributed by atoms with Crippen molar-refractivity contribution in [2.75, 3.05) is 13.2 Å². The Morgan fingerprint density at radius 1 is 1.30 bits per heavy atom. The van der Waals surface area contributed by atoms with E-state index in [0.29, 0.717) is 5.92 Å². The zero-order valence-corrected chi connectivity index (χ0v) is 12.8. The Bertz CT molecular complexity index is 363. The molecular formula is C17H28N2O. The average Bonchev–Trinajstić information content (AvgIpc) is 2.52. The first-order valence-electron chi connectivity index (χ1n) is 8.11. The summed E-state index contributed by atoms with van der Waals surface area (Å²) in [6, 6.07) is 4.44. The lowest BCUT2D eigenvalue weighted by Gasteiger charge is -2.36. The number of likely N-dealkylation sites (N-methyl/N-ethyl adjacent to an activating group) is 1. The topological polar surface area (TPSA) is 34.2 Å². The fourth-order valence-electron chi connectivity index (χ4n) is 3.36. The molecule has 2 unspecified atom stereocenters. The third-order valence-corrected chi connectivity index (χ3v) is 4.27. The van der Waals surface area contributed by atoms with Crippen LogP contribution in [0, 0.1) is 5.92 Å². The van der Waals surface area contributed by atoms with Gasteiger partial charge in [-0.25, -0.2) is 0 Å². The van der Waals surface area contributed by atoms with Gasteiger partial charge in [0.2, 0.25) is 0 Å². The second-order valence-electron chi connectivity index (χ2n) is 5.64. The SMILES string of the molecule is CCNC(c1cccnc1)C(OCC)C1CCCCC1. The molecule has 3 nitrogen and oxygen atoms in total. The van der Waals surface area contributed by atoms with Crippen LogP contribution in [-0.2, 0) is 4.74 Å². The molecule has 1 aliphatic rings. The van der Waals surface area contributed by atoms with Gasteiger partial charge in [-0.3, -0.25) is 4.98 Å². The number of nitrogens with one attached hydrogen (secondary N) is 1. The van der Waals surface area contributed by atoms with E-state index in [-0.39, 0.29) is 12.1 Å². The van der Waals surface area contributed by atoms with Gasteiger partial charge in [-0.1, -0.05) is 32.3 Å².